The van der Waals surface area contributed by atoms with Gasteiger partial charge in [-0.3, -0.25) is 0 Å². The Kier molecular flexibility index (Phi) is 5.43. The maximum absolute atomic E-state index is 6.62. The van der Waals surface area contributed by atoms with Crippen molar-refractivity contribution in [1.29, 1.82) is 0 Å². The average molecular weight is 566 g/mol. The molecule has 5 heteroatoms. The summed E-state index contributed by atoms with van der Waals surface area (Å²) in [7, 11) is 0. The lowest BCUT2D eigenvalue weighted by molar-refractivity contribution is 0.669. The molecule has 0 atom stereocenters. The van der Waals surface area contributed by atoms with Crippen LogP contribution < -0.4 is 0 Å². The first-order chi connectivity index (χ1) is 21.8. The van der Waals surface area contributed by atoms with Crippen molar-refractivity contribution in [3.63, 3.8) is 0 Å². The Balaban J connectivity index is 1.21. The third-order valence-corrected chi connectivity index (χ3v) is 8.15. The molecule has 0 bridgehead atoms. The lowest BCUT2D eigenvalue weighted by Crippen LogP contribution is -2.00. The van der Waals surface area contributed by atoms with Crippen LogP contribution in [0, 0.1) is 0 Å². The standard InChI is InChI=1S/C39H23N3O2/c1-3-10-24(11-4-1)37-40-38(25-12-5-2-6-13-25)42-39(41-37)31-16-9-15-30-29-20-18-27(23-35(29)44-36(30)31)26-19-21-34-32(22-26)28-14-7-8-17-33(28)43-34/h1-23H. The zero-order valence-corrected chi connectivity index (χ0v) is 23.4. The van der Waals surface area contributed by atoms with Crippen molar-refractivity contribution in [1.82, 2.24) is 15.0 Å². The van der Waals surface area contributed by atoms with Crippen molar-refractivity contribution in [2.24, 2.45) is 0 Å². The van der Waals surface area contributed by atoms with E-state index in [-0.39, 0.29) is 0 Å². The van der Waals surface area contributed by atoms with E-state index in [9.17, 15) is 0 Å². The van der Waals surface area contributed by atoms with Crippen LogP contribution in [0.25, 0.3) is 89.2 Å². The predicted molar refractivity (Wildman–Crippen MR) is 176 cm³/mol. The van der Waals surface area contributed by atoms with Crippen LogP contribution in [0.1, 0.15) is 0 Å². The van der Waals surface area contributed by atoms with E-state index in [2.05, 4.69) is 42.5 Å². The summed E-state index contributed by atoms with van der Waals surface area (Å²) < 4.78 is 12.7. The number of nitrogens with zero attached hydrogens (tertiary/aromatic N) is 3. The Morgan fingerprint density at radius 2 is 0.932 bits per heavy atom. The fraction of sp³-hybridized carbons (Fsp3) is 0. The first-order valence-electron chi connectivity index (χ1n) is 14.5. The van der Waals surface area contributed by atoms with Crippen LogP contribution in [-0.4, -0.2) is 15.0 Å². The van der Waals surface area contributed by atoms with Crippen LogP contribution in [0.3, 0.4) is 0 Å². The van der Waals surface area contributed by atoms with Gasteiger partial charge in [0.25, 0.3) is 0 Å². The molecule has 206 valence electrons. The molecule has 0 saturated heterocycles. The van der Waals surface area contributed by atoms with Gasteiger partial charge in [0, 0.05) is 32.7 Å². The first-order valence-corrected chi connectivity index (χ1v) is 14.5. The summed E-state index contributed by atoms with van der Waals surface area (Å²) >= 11 is 0. The molecule has 6 aromatic carbocycles. The van der Waals surface area contributed by atoms with E-state index >= 15 is 0 Å². The highest BCUT2D eigenvalue weighted by Crippen LogP contribution is 2.38. The smallest absolute Gasteiger partial charge is 0.167 e. The van der Waals surface area contributed by atoms with Gasteiger partial charge in [-0.15, -0.1) is 0 Å². The summed E-state index contributed by atoms with van der Waals surface area (Å²) in [6.45, 7) is 0. The number of furan rings is 2. The van der Waals surface area contributed by atoms with E-state index in [4.69, 9.17) is 23.8 Å². The van der Waals surface area contributed by atoms with Crippen molar-refractivity contribution >= 4 is 43.9 Å². The van der Waals surface area contributed by atoms with Gasteiger partial charge in [0.05, 0.1) is 5.56 Å². The monoisotopic (exact) mass is 565 g/mol. The molecule has 0 unspecified atom stereocenters. The maximum Gasteiger partial charge on any atom is 0.167 e. The molecule has 0 aliphatic rings. The Morgan fingerprint density at radius 3 is 1.70 bits per heavy atom. The normalized spacial score (nSPS) is 11.6. The highest BCUT2D eigenvalue weighted by Gasteiger charge is 2.18. The minimum absolute atomic E-state index is 0.569. The van der Waals surface area contributed by atoms with E-state index in [0.29, 0.717) is 17.5 Å². The second-order valence-corrected chi connectivity index (χ2v) is 10.8. The molecule has 5 nitrogen and oxygen atoms in total. The van der Waals surface area contributed by atoms with E-state index in [1.54, 1.807) is 0 Å². The number of benzene rings is 6. The molecule has 0 radical (unpaired) electrons. The number of fused-ring (bicyclic) bond motifs is 6. The van der Waals surface area contributed by atoms with Crippen molar-refractivity contribution in [3.8, 4) is 45.3 Å². The fourth-order valence-corrected chi connectivity index (χ4v) is 5.99. The molecule has 0 amide bonds. The zero-order valence-electron chi connectivity index (χ0n) is 23.4. The second-order valence-electron chi connectivity index (χ2n) is 10.8. The minimum Gasteiger partial charge on any atom is -0.456 e. The van der Waals surface area contributed by atoms with Gasteiger partial charge in [-0.05, 0) is 47.5 Å². The summed E-state index contributed by atoms with van der Waals surface area (Å²) in [5.74, 6) is 1.80. The summed E-state index contributed by atoms with van der Waals surface area (Å²) in [4.78, 5) is 14.7. The van der Waals surface area contributed by atoms with E-state index < -0.39 is 0 Å². The van der Waals surface area contributed by atoms with E-state index in [1.807, 2.05) is 97.1 Å². The summed E-state index contributed by atoms with van der Waals surface area (Å²) in [5, 5.41) is 4.27. The Labute approximate surface area is 252 Å². The number of hydrogen-bond acceptors (Lipinski definition) is 5. The van der Waals surface area contributed by atoms with E-state index in [1.165, 1.54) is 0 Å². The van der Waals surface area contributed by atoms with Gasteiger partial charge in [-0.2, -0.15) is 0 Å². The molecule has 0 N–H and O–H groups in total. The Hall–Kier alpha value is -6.07. The SMILES string of the molecule is c1ccc(-c2nc(-c3ccccc3)nc(-c3cccc4c3oc3cc(-c5ccc6oc7ccccc7c6c5)ccc34)n2)cc1. The molecular formula is C39H23N3O2. The van der Waals surface area contributed by atoms with Crippen LogP contribution in [-0.2, 0) is 0 Å². The molecule has 0 fully saturated rings. The first kappa shape index (κ1) is 24.5. The molecule has 3 aromatic heterocycles. The molecule has 9 rings (SSSR count). The van der Waals surface area contributed by atoms with Gasteiger partial charge in [-0.25, -0.2) is 15.0 Å². The van der Waals surface area contributed by atoms with Crippen LogP contribution in [0.4, 0.5) is 0 Å². The Bertz CT molecular complexity index is 2440. The molecular weight excluding hydrogens is 542 g/mol. The van der Waals surface area contributed by atoms with Crippen LogP contribution >= 0.6 is 0 Å². The topological polar surface area (TPSA) is 65.0 Å². The van der Waals surface area contributed by atoms with Crippen molar-refractivity contribution in [2.75, 3.05) is 0 Å². The molecule has 9 aromatic rings. The van der Waals surface area contributed by atoms with Crippen LogP contribution in [0.2, 0.25) is 0 Å². The van der Waals surface area contributed by atoms with Gasteiger partial charge in [0.2, 0.25) is 0 Å². The maximum atomic E-state index is 6.62. The fourth-order valence-electron chi connectivity index (χ4n) is 5.99. The summed E-state index contributed by atoms with van der Waals surface area (Å²) in [6.07, 6.45) is 0. The molecule has 0 aliphatic carbocycles. The van der Waals surface area contributed by atoms with Gasteiger partial charge >= 0.3 is 0 Å². The molecule has 0 aliphatic heterocycles. The van der Waals surface area contributed by atoms with Crippen LogP contribution in [0.15, 0.2) is 148 Å². The quantitative estimate of drug-likeness (QED) is 0.212. The third kappa shape index (κ3) is 3.98. The van der Waals surface area contributed by atoms with Gasteiger partial charge in [0.15, 0.2) is 17.5 Å². The molecule has 0 saturated carbocycles. The van der Waals surface area contributed by atoms with Gasteiger partial charge in [-0.1, -0.05) is 103 Å². The second kappa shape index (κ2) is 9.75. The average Bonchev–Trinajstić information content (AvgIpc) is 3.66. The Morgan fingerprint density at radius 1 is 0.341 bits per heavy atom. The summed E-state index contributed by atoms with van der Waals surface area (Å²) in [5.41, 5.74) is 8.18. The highest BCUT2D eigenvalue weighted by atomic mass is 16.3. The number of aromatic nitrogens is 3. The molecule has 44 heavy (non-hydrogen) atoms. The molecule has 0 spiro atoms. The summed E-state index contributed by atoms with van der Waals surface area (Å²) in [6, 6.07) is 47.0. The molecule has 3 heterocycles. The van der Waals surface area contributed by atoms with Crippen molar-refractivity contribution < 1.29 is 8.83 Å². The lowest BCUT2D eigenvalue weighted by Gasteiger charge is -2.08. The number of rotatable bonds is 4. The van der Waals surface area contributed by atoms with E-state index in [0.717, 1.165) is 71.7 Å². The lowest BCUT2D eigenvalue weighted by atomic mass is 10.0. The zero-order chi connectivity index (χ0) is 29.0. The minimum atomic E-state index is 0.569. The van der Waals surface area contributed by atoms with Crippen molar-refractivity contribution in [2.45, 2.75) is 0 Å². The largest absolute Gasteiger partial charge is 0.456 e. The van der Waals surface area contributed by atoms with Gasteiger partial charge < -0.3 is 8.83 Å². The predicted octanol–water partition coefficient (Wildman–Crippen LogP) is 10.3. The third-order valence-electron chi connectivity index (χ3n) is 8.15. The highest BCUT2D eigenvalue weighted by molar-refractivity contribution is 6.10. The number of para-hydroxylation sites is 2. The van der Waals surface area contributed by atoms with Crippen LogP contribution in [0.5, 0.6) is 0 Å². The van der Waals surface area contributed by atoms with Crippen molar-refractivity contribution in [3.05, 3.63) is 140 Å². The number of hydrogen-bond donors (Lipinski definition) is 0. The van der Waals surface area contributed by atoms with Gasteiger partial charge in [0.1, 0.15) is 22.3 Å².